The van der Waals surface area contributed by atoms with Gasteiger partial charge in [-0.3, -0.25) is 9.08 Å². The van der Waals surface area contributed by atoms with Crippen LogP contribution in [0.1, 0.15) is 17.5 Å². The highest BCUT2D eigenvalue weighted by molar-refractivity contribution is 14.1. The van der Waals surface area contributed by atoms with Gasteiger partial charge in [0.15, 0.2) is 0 Å². The SMILES string of the molecule is Fc1ccc(-c2nn(C(c3ccccc3)(c3ccccc3)C3C=CC=CC3)cc2-c2ccc3ncc(I)n3c2)cc1. The molecule has 0 aliphatic heterocycles. The highest BCUT2D eigenvalue weighted by Crippen LogP contribution is 2.46. The Morgan fingerprint density at radius 2 is 1.46 bits per heavy atom. The summed E-state index contributed by atoms with van der Waals surface area (Å²) in [4.78, 5) is 4.51. The van der Waals surface area contributed by atoms with E-state index in [1.54, 1.807) is 12.1 Å². The minimum Gasteiger partial charge on any atom is -0.294 e. The lowest BCUT2D eigenvalue weighted by atomic mass is 9.70. The molecule has 0 N–H and O–H groups in total. The molecule has 0 bridgehead atoms. The van der Waals surface area contributed by atoms with Gasteiger partial charge in [-0.05, 0) is 76.5 Å². The molecule has 4 nitrogen and oxygen atoms in total. The Morgan fingerprint density at radius 1 is 0.780 bits per heavy atom. The molecule has 3 heterocycles. The summed E-state index contributed by atoms with van der Waals surface area (Å²) in [6.45, 7) is 0. The standard InChI is InChI=1S/C35H26FIN4/c36-30-19-16-25(17-20-30)34-31(26-18-21-33-38-22-32(37)40(33)23-26)24-41(39-34)35(27-10-4-1-5-11-27,28-12-6-2-7-13-28)29-14-8-3-9-15-29/h1-14,16-24,29H,15H2. The maximum absolute atomic E-state index is 14.0. The Hall–Kier alpha value is -4.30. The van der Waals surface area contributed by atoms with Crippen molar-refractivity contribution in [3.63, 3.8) is 0 Å². The van der Waals surface area contributed by atoms with Gasteiger partial charge in [0.05, 0.1) is 6.20 Å². The molecular formula is C35H26FIN4. The number of benzene rings is 3. The van der Waals surface area contributed by atoms with Gasteiger partial charge in [-0.2, -0.15) is 5.10 Å². The highest BCUT2D eigenvalue weighted by atomic mass is 127. The van der Waals surface area contributed by atoms with E-state index in [2.05, 4.69) is 140 Å². The van der Waals surface area contributed by atoms with E-state index in [-0.39, 0.29) is 11.7 Å². The van der Waals surface area contributed by atoms with Crippen LogP contribution in [-0.2, 0) is 5.54 Å². The number of fused-ring (bicyclic) bond motifs is 1. The molecule has 41 heavy (non-hydrogen) atoms. The van der Waals surface area contributed by atoms with Crippen molar-refractivity contribution < 1.29 is 4.39 Å². The molecule has 0 amide bonds. The van der Waals surface area contributed by atoms with Crippen molar-refractivity contribution in [3.8, 4) is 22.4 Å². The average Bonchev–Trinajstić information content (AvgIpc) is 3.64. The molecule has 3 aromatic heterocycles. The summed E-state index contributed by atoms with van der Waals surface area (Å²) in [5.74, 6) is -0.172. The van der Waals surface area contributed by atoms with E-state index in [4.69, 9.17) is 5.10 Å². The number of aromatic nitrogens is 4. The molecule has 0 saturated carbocycles. The number of hydrogen-bond donors (Lipinski definition) is 0. The fourth-order valence-electron chi connectivity index (χ4n) is 6.00. The number of nitrogens with zero attached hydrogens (tertiary/aromatic N) is 4. The molecule has 1 aliphatic rings. The molecule has 200 valence electrons. The third-order valence-corrected chi connectivity index (χ3v) is 8.71. The smallest absolute Gasteiger partial charge is 0.137 e. The van der Waals surface area contributed by atoms with E-state index < -0.39 is 5.54 Å². The van der Waals surface area contributed by atoms with Crippen LogP contribution in [0.4, 0.5) is 4.39 Å². The van der Waals surface area contributed by atoms with Crippen LogP contribution < -0.4 is 0 Å². The summed E-state index contributed by atoms with van der Waals surface area (Å²) in [7, 11) is 0. The average molecular weight is 649 g/mol. The summed E-state index contributed by atoms with van der Waals surface area (Å²) in [6.07, 6.45) is 15.8. The lowest BCUT2D eigenvalue weighted by Gasteiger charge is -2.41. The Labute approximate surface area is 251 Å². The van der Waals surface area contributed by atoms with Crippen LogP contribution in [-0.4, -0.2) is 19.2 Å². The molecule has 0 fully saturated rings. The Morgan fingerprint density at radius 3 is 2.12 bits per heavy atom. The largest absolute Gasteiger partial charge is 0.294 e. The van der Waals surface area contributed by atoms with E-state index in [0.29, 0.717) is 0 Å². The fourth-order valence-corrected chi connectivity index (χ4v) is 6.53. The van der Waals surface area contributed by atoms with Gasteiger partial charge in [-0.25, -0.2) is 9.37 Å². The lowest BCUT2D eigenvalue weighted by molar-refractivity contribution is 0.293. The van der Waals surface area contributed by atoms with Crippen molar-refractivity contribution >= 4 is 28.2 Å². The zero-order valence-electron chi connectivity index (χ0n) is 22.1. The summed E-state index contributed by atoms with van der Waals surface area (Å²) in [5, 5.41) is 5.39. The van der Waals surface area contributed by atoms with Crippen molar-refractivity contribution in [2.24, 2.45) is 5.92 Å². The molecule has 1 atom stereocenters. The minimum atomic E-state index is -0.635. The van der Waals surface area contributed by atoms with Gasteiger partial charge in [0.2, 0.25) is 0 Å². The molecule has 7 rings (SSSR count). The molecule has 0 spiro atoms. The van der Waals surface area contributed by atoms with Crippen LogP contribution in [0.25, 0.3) is 28.0 Å². The molecule has 0 saturated heterocycles. The Balaban J connectivity index is 1.55. The van der Waals surface area contributed by atoms with Gasteiger partial charge in [0, 0.05) is 35.0 Å². The summed E-state index contributed by atoms with van der Waals surface area (Å²) in [5.41, 5.74) is 6.18. The number of halogens is 2. The van der Waals surface area contributed by atoms with Crippen molar-refractivity contribution in [1.29, 1.82) is 0 Å². The number of pyridine rings is 1. The van der Waals surface area contributed by atoms with E-state index >= 15 is 0 Å². The van der Waals surface area contributed by atoms with E-state index in [9.17, 15) is 4.39 Å². The van der Waals surface area contributed by atoms with Gasteiger partial charge in [-0.15, -0.1) is 0 Å². The lowest BCUT2D eigenvalue weighted by Crippen LogP contribution is -2.43. The normalized spacial score (nSPS) is 15.0. The Bertz CT molecular complexity index is 1850. The maximum atomic E-state index is 14.0. The van der Waals surface area contributed by atoms with Gasteiger partial charge in [-0.1, -0.05) is 85.0 Å². The topological polar surface area (TPSA) is 35.1 Å². The molecule has 3 aromatic carbocycles. The van der Waals surface area contributed by atoms with Crippen molar-refractivity contribution in [2.45, 2.75) is 12.0 Å². The van der Waals surface area contributed by atoms with Gasteiger partial charge < -0.3 is 0 Å². The fraction of sp³-hybridized carbons (Fsp3) is 0.0857. The van der Waals surface area contributed by atoms with Crippen LogP contribution in [0.5, 0.6) is 0 Å². The molecule has 0 radical (unpaired) electrons. The van der Waals surface area contributed by atoms with Crippen LogP contribution in [0.15, 0.2) is 140 Å². The first-order valence-corrected chi connectivity index (χ1v) is 14.7. The van der Waals surface area contributed by atoms with Gasteiger partial charge in [0.1, 0.15) is 26.4 Å². The van der Waals surface area contributed by atoms with Crippen LogP contribution in [0, 0.1) is 15.4 Å². The van der Waals surface area contributed by atoms with E-state index in [0.717, 1.165) is 49.3 Å². The summed E-state index contributed by atoms with van der Waals surface area (Å²) in [6, 6.07) is 32.0. The number of rotatable bonds is 6. The zero-order valence-corrected chi connectivity index (χ0v) is 24.3. The third kappa shape index (κ3) is 4.43. The first-order valence-electron chi connectivity index (χ1n) is 13.6. The van der Waals surface area contributed by atoms with E-state index in [1.807, 2.05) is 12.3 Å². The van der Waals surface area contributed by atoms with Crippen LogP contribution in [0.2, 0.25) is 0 Å². The first kappa shape index (κ1) is 25.7. The number of imidazole rings is 1. The molecule has 6 heteroatoms. The second-order valence-corrected chi connectivity index (χ2v) is 11.3. The molecule has 6 aromatic rings. The second kappa shape index (κ2) is 10.6. The summed E-state index contributed by atoms with van der Waals surface area (Å²) >= 11 is 2.30. The summed E-state index contributed by atoms with van der Waals surface area (Å²) < 4.78 is 19.3. The molecule has 1 unspecified atom stereocenters. The van der Waals surface area contributed by atoms with Crippen molar-refractivity contribution in [3.05, 3.63) is 161 Å². The quantitative estimate of drug-likeness (QED) is 0.170. The molecule has 1 aliphatic carbocycles. The van der Waals surface area contributed by atoms with E-state index in [1.165, 1.54) is 12.1 Å². The minimum absolute atomic E-state index is 0.100. The predicted octanol–water partition coefficient (Wildman–Crippen LogP) is 8.53. The van der Waals surface area contributed by atoms with Crippen molar-refractivity contribution in [1.82, 2.24) is 19.2 Å². The predicted molar refractivity (Wildman–Crippen MR) is 170 cm³/mol. The first-order chi connectivity index (χ1) is 20.1. The van der Waals surface area contributed by atoms with Crippen LogP contribution >= 0.6 is 22.6 Å². The number of allylic oxidation sites excluding steroid dienone is 4. The monoisotopic (exact) mass is 648 g/mol. The molecular weight excluding hydrogens is 622 g/mol. The second-order valence-electron chi connectivity index (χ2n) is 10.2. The van der Waals surface area contributed by atoms with Crippen molar-refractivity contribution in [2.75, 3.05) is 0 Å². The third-order valence-electron chi connectivity index (χ3n) is 7.91. The maximum Gasteiger partial charge on any atom is 0.137 e. The Kier molecular flexibility index (Phi) is 6.63. The van der Waals surface area contributed by atoms with Gasteiger partial charge >= 0.3 is 0 Å². The van der Waals surface area contributed by atoms with Gasteiger partial charge in [0.25, 0.3) is 0 Å². The zero-order chi connectivity index (χ0) is 27.8. The highest BCUT2D eigenvalue weighted by Gasteiger charge is 2.44. The van der Waals surface area contributed by atoms with Crippen LogP contribution in [0.3, 0.4) is 0 Å². The number of hydrogen-bond acceptors (Lipinski definition) is 2.